The van der Waals surface area contributed by atoms with E-state index in [-0.39, 0.29) is 5.91 Å². The Labute approximate surface area is 134 Å². The van der Waals surface area contributed by atoms with E-state index in [1.54, 1.807) is 11.3 Å². The lowest BCUT2D eigenvalue weighted by Crippen LogP contribution is -2.30. The van der Waals surface area contributed by atoms with E-state index >= 15 is 0 Å². The lowest BCUT2D eigenvalue weighted by atomic mass is 10.1. The second kappa shape index (κ2) is 6.85. The molecule has 1 amide bonds. The molecule has 0 aliphatic carbocycles. The van der Waals surface area contributed by atoms with Crippen LogP contribution in [0.5, 0.6) is 0 Å². The number of carbonyl (C=O) groups is 1. The van der Waals surface area contributed by atoms with Gasteiger partial charge in [0.2, 0.25) is 0 Å². The van der Waals surface area contributed by atoms with Crippen LogP contribution < -0.4 is 10.6 Å². The Morgan fingerprint density at radius 3 is 3.00 bits per heavy atom. The number of carbonyl (C=O) groups excluding carboxylic acids is 1. The van der Waals surface area contributed by atoms with Crippen LogP contribution in [0.2, 0.25) is 0 Å². The standard InChI is InChI=1S/C17H19N3OS/c1-12-15(2-3-16(20-12)14-6-9-22-11-14)17(21)19-10-13-4-7-18-8-5-13/h2-4,6,9,11,18H,5,7-8,10H2,1H3,(H,19,21). The van der Waals surface area contributed by atoms with Crippen molar-refractivity contribution < 1.29 is 4.79 Å². The molecule has 0 spiro atoms. The highest BCUT2D eigenvalue weighted by molar-refractivity contribution is 7.08. The van der Waals surface area contributed by atoms with Gasteiger partial charge in [0.25, 0.3) is 5.91 Å². The first-order valence-corrected chi connectivity index (χ1v) is 8.35. The van der Waals surface area contributed by atoms with E-state index in [2.05, 4.69) is 27.1 Å². The predicted molar refractivity (Wildman–Crippen MR) is 90.2 cm³/mol. The molecule has 2 N–H and O–H groups in total. The summed E-state index contributed by atoms with van der Waals surface area (Å²) in [5.41, 5.74) is 4.71. The summed E-state index contributed by atoms with van der Waals surface area (Å²) in [5, 5.41) is 10.3. The number of rotatable bonds is 4. The molecule has 5 heteroatoms. The third-order valence-electron chi connectivity index (χ3n) is 3.78. The van der Waals surface area contributed by atoms with Gasteiger partial charge in [-0.15, -0.1) is 0 Å². The molecule has 0 unspecified atom stereocenters. The van der Waals surface area contributed by atoms with Crippen molar-refractivity contribution in [3.63, 3.8) is 0 Å². The molecule has 3 rings (SSSR count). The summed E-state index contributed by atoms with van der Waals surface area (Å²) in [5.74, 6) is -0.0544. The van der Waals surface area contributed by atoms with Crippen LogP contribution in [0.3, 0.4) is 0 Å². The van der Waals surface area contributed by atoms with Gasteiger partial charge in [0.05, 0.1) is 17.0 Å². The zero-order chi connectivity index (χ0) is 15.4. The molecule has 0 saturated heterocycles. The summed E-state index contributed by atoms with van der Waals surface area (Å²) < 4.78 is 0. The Morgan fingerprint density at radius 2 is 2.32 bits per heavy atom. The summed E-state index contributed by atoms with van der Waals surface area (Å²) in [4.78, 5) is 16.9. The van der Waals surface area contributed by atoms with Gasteiger partial charge in [-0.2, -0.15) is 11.3 Å². The molecule has 1 aliphatic heterocycles. The lowest BCUT2D eigenvalue weighted by Gasteiger charge is -2.15. The average Bonchev–Trinajstić information content (AvgIpc) is 3.08. The summed E-state index contributed by atoms with van der Waals surface area (Å²) in [6.45, 7) is 4.37. The van der Waals surface area contributed by atoms with Crippen LogP contribution in [-0.4, -0.2) is 30.5 Å². The minimum atomic E-state index is -0.0544. The maximum absolute atomic E-state index is 12.3. The van der Waals surface area contributed by atoms with Crippen LogP contribution in [0.15, 0.2) is 40.6 Å². The van der Waals surface area contributed by atoms with E-state index in [0.717, 1.165) is 36.5 Å². The van der Waals surface area contributed by atoms with Crippen LogP contribution >= 0.6 is 11.3 Å². The van der Waals surface area contributed by atoms with E-state index in [0.29, 0.717) is 12.1 Å². The Balaban J connectivity index is 1.68. The molecule has 3 heterocycles. The first-order valence-electron chi connectivity index (χ1n) is 7.41. The van der Waals surface area contributed by atoms with Crippen LogP contribution in [-0.2, 0) is 0 Å². The highest BCUT2D eigenvalue weighted by Gasteiger charge is 2.12. The van der Waals surface area contributed by atoms with Crippen molar-refractivity contribution in [3.05, 3.63) is 51.9 Å². The molecular formula is C17H19N3OS. The quantitative estimate of drug-likeness (QED) is 0.854. The maximum atomic E-state index is 12.3. The van der Waals surface area contributed by atoms with Gasteiger partial charge >= 0.3 is 0 Å². The third-order valence-corrected chi connectivity index (χ3v) is 4.46. The molecule has 0 fully saturated rings. The predicted octanol–water partition coefficient (Wildman–Crippen LogP) is 2.77. The number of nitrogens with zero attached hydrogens (tertiary/aromatic N) is 1. The molecule has 4 nitrogen and oxygen atoms in total. The van der Waals surface area contributed by atoms with Gasteiger partial charge in [-0.05, 0) is 43.5 Å². The van der Waals surface area contributed by atoms with Gasteiger partial charge in [0.15, 0.2) is 0 Å². The monoisotopic (exact) mass is 313 g/mol. The molecule has 22 heavy (non-hydrogen) atoms. The van der Waals surface area contributed by atoms with E-state index < -0.39 is 0 Å². The van der Waals surface area contributed by atoms with Crippen LogP contribution in [0.1, 0.15) is 22.5 Å². The highest BCUT2D eigenvalue weighted by atomic mass is 32.1. The Bertz CT molecular complexity index is 692. The van der Waals surface area contributed by atoms with Gasteiger partial charge in [0, 0.05) is 24.0 Å². The second-order valence-corrected chi connectivity index (χ2v) is 6.12. The molecule has 114 valence electrons. The SMILES string of the molecule is Cc1nc(-c2ccsc2)ccc1C(=O)NCC1=CCNCC1. The summed E-state index contributed by atoms with van der Waals surface area (Å²) in [7, 11) is 0. The van der Waals surface area contributed by atoms with Crippen LogP contribution in [0, 0.1) is 6.92 Å². The summed E-state index contributed by atoms with van der Waals surface area (Å²) >= 11 is 1.64. The van der Waals surface area contributed by atoms with Crippen molar-refractivity contribution in [1.82, 2.24) is 15.6 Å². The lowest BCUT2D eigenvalue weighted by molar-refractivity contribution is 0.0955. The number of nitrogens with one attached hydrogen (secondary N) is 2. The first kappa shape index (κ1) is 14.9. The van der Waals surface area contributed by atoms with Crippen molar-refractivity contribution >= 4 is 17.2 Å². The van der Waals surface area contributed by atoms with Gasteiger partial charge in [-0.3, -0.25) is 9.78 Å². The van der Waals surface area contributed by atoms with E-state index in [9.17, 15) is 4.79 Å². The van der Waals surface area contributed by atoms with Crippen molar-refractivity contribution in [1.29, 1.82) is 0 Å². The molecule has 0 aromatic carbocycles. The fraction of sp³-hybridized carbons (Fsp3) is 0.294. The zero-order valence-corrected chi connectivity index (χ0v) is 13.4. The molecule has 0 radical (unpaired) electrons. The maximum Gasteiger partial charge on any atom is 0.253 e. The minimum Gasteiger partial charge on any atom is -0.348 e. The Hall–Kier alpha value is -1.98. The van der Waals surface area contributed by atoms with Crippen molar-refractivity contribution in [2.24, 2.45) is 0 Å². The molecule has 1 aliphatic rings. The van der Waals surface area contributed by atoms with E-state index in [1.165, 1.54) is 5.57 Å². The van der Waals surface area contributed by atoms with Crippen LogP contribution in [0.4, 0.5) is 0 Å². The topological polar surface area (TPSA) is 54.0 Å². The highest BCUT2D eigenvalue weighted by Crippen LogP contribution is 2.21. The molecular weight excluding hydrogens is 294 g/mol. The van der Waals surface area contributed by atoms with Crippen molar-refractivity contribution in [2.45, 2.75) is 13.3 Å². The van der Waals surface area contributed by atoms with Gasteiger partial charge in [0.1, 0.15) is 0 Å². The molecule has 2 aromatic heterocycles. The third kappa shape index (κ3) is 3.43. The van der Waals surface area contributed by atoms with Crippen molar-refractivity contribution in [3.8, 4) is 11.3 Å². The van der Waals surface area contributed by atoms with Gasteiger partial charge in [-0.25, -0.2) is 0 Å². The average molecular weight is 313 g/mol. The van der Waals surface area contributed by atoms with Crippen molar-refractivity contribution in [2.75, 3.05) is 19.6 Å². The zero-order valence-electron chi connectivity index (χ0n) is 12.6. The number of amides is 1. The second-order valence-electron chi connectivity index (χ2n) is 5.34. The van der Waals surface area contributed by atoms with E-state index in [1.807, 2.05) is 30.5 Å². The van der Waals surface area contributed by atoms with E-state index in [4.69, 9.17) is 0 Å². The normalized spacial score (nSPS) is 14.5. The number of aryl methyl sites for hydroxylation is 1. The Kier molecular flexibility index (Phi) is 4.65. The first-order chi connectivity index (χ1) is 10.7. The number of aromatic nitrogens is 1. The largest absolute Gasteiger partial charge is 0.348 e. The smallest absolute Gasteiger partial charge is 0.253 e. The molecule has 0 bridgehead atoms. The summed E-state index contributed by atoms with van der Waals surface area (Å²) in [6, 6.07) is 5.81. The van der Waals surface area contributed by atoms with Gasteiger partial charge in [-0.1, -0.05) is 11.6 Å². The minimum absolute atomic E-state index is 0.0544. The fourth-order valence-corrected chi connectivity index (χ4v) is 3.14. The number of hydrogen-bond donors (Lipinski definition) is 2. The number of pyridine rings is 1. The molecule has 2 aromatic rings. The van der Waals surface area contributed by atoms with Crippen LogP contribution in [0.25, 0.3) is 11.3 Å². The summed E-state index contributed by atoms with van der Waals surface area (Å²) in [6.07, 6.45) is 3.14. The number of thiophene rings is 1. The fourth-order valence-electron chi connectivity index (χ4n) is 2.49. The number of hydrogen-bond acceptors (Lipinski definition) is 4. The molecule has 0 atom stereocenters. The molecule has 0 saturated carbocycles. The Morgan fingerprint density at radius 1 is 1.41 bits per heavy atom. The van der Waals surface area contributed by atoms with Gasteiger partial charge < -0.3 is 10.6 Å².